The largest absolute Gasteiger partial charge is 0.393 e. The normalized spacial score (nSPS) is 28.4. The number of ether oxygens (including phenoxy) is 1. The van der Waals surface area contributed by atoms with Gasteiger partial charge in [0.25, 0.3) is 0 Å². The van der Waals surface area contributed by atoms with Crippen molar-refractivity contribution in [2.45, 2.75) is 38.3 Å². The molecule has 0 bridgehead atoms. The van der Waals surface area contributed by atoms with Crippen molar-refractivity contribution in [2.75, 3.05) is 24.7 Å². The summed E-state index contributed by atoms with van der Waals surface area (Å²) in [6, 6.07) is 6.48. The highest BCUT2D eigenvalue weighted by molar-refractivity contribution is 5.92. The summed E-state index contributed by atoms with van der Waals surface area (Å²) < 4.78 is 5.64. The van der Waals surface area contributed by atoms with Gasteiger partial charge in [-0.1, -0.05) is 12.1 Å². The molecule has 1 aromatic heterocycles. The summed E-state index contributed by atoms with van der Waals surface area (Å²) in [7, 11) is 0. The first kappa shape index (κ1) is 14.8. The van der Waals surface area contributed by atoms with Crippen molar-refractivity contribution in [3.63, 3.8) is 0 Å². The SMILES string of the molecule is Cc1cccc2ncnc(N3CCCC3C3COCCC3O)c12. The number of fused-ring (bicyclic) bond motifs is 1. The van der Waals surface area contributed by atoms with Crippen LogP contribution in [0.25, 0.3) is 10.9 Å². The Kier molecular flexibility index (Phi) is 3.91. The maximum absolute atomic E-state index is 10.4. The second-order valence-electron chi connectivity index (χ2n) is 6.66. The van der Waals surface area contributed by atoms with E-state index < -0.39 is 0 Å². The lowest BCUT2D eigenvalue weighted by Crippen LogP contribution is -2.46. The molecule has 3 unspecified atom stereocenters. The monoisotopic (exact) mass is 313 g/mol. The molecule has 2 aliphatic heterocycles. The van der Waals surface area contributed by atoms with Crippen molar-refractivity contribution < 1.29 is 9.84 Å². The zero-order valence-electron chi connectivity index (χ0n) is 13.5. The van der Waals surface area contributed by atoms with Crippen LogP contribution in [0.1, 0.15) is 24.8 Å². The topological polar surface area (TPSA) is 58.5 Å². The number of anilines is 1. The van der Waals surface area contributed by atoms with Gasteiger partial charge in [-0.3, -0.25) is 0 Å². The van der Waals surface area contributed by atoms with Gasteiger partial charge in [0.2, 0.25) is 0 Å². The lowest BCUT2D eigenvalue weighted by atomic mass is 9.89. The Morgan fingerprint density at radius 1 is 1.26 bits per heavy atom. The lowest BCUT2D eigenvalue weighted by molar-refractivity contribution is -0.0438. The first-order valence-electron chi connectivity index (χ1n) is 8.48. The lowest BCUT2D eigenvalue weighted by Gasteiger charge is -2.37. The minimum absolute atomic E-state index is 0.167. The fourth-order valence-electron chi connectivity index (χ4n) is 4.10. The molecular formula is C18H23N3O2. The molecule has 2 saturated heterocycles. The molecule has 5 heteroatoms. The zero-order chi connectivity index (χ0) is 15.8. The Bertz CT molecular complexity index is 700. The molecule has 4 rings (SSSR count). The predicted octanol–water partition coefficient (Wildman–Crippen LogP) is 2.30. The molecule has 2 aliphatic rings. The fourth-order valence-corrected chi connectivity index (χ4v) is 4.10. The van der Waals surface area contributed by atoms with Gasteiger partial charge in [0.1, 0.15) is 12.1 Å². The molecule has 2 fully saturated rings. The predicted molar refractivity (Wildman–Crippen MR) is 89.6 cm³/mol. The molecule has 0 spiro atoms. The number of hydrogen-bond acceptors (Lipinski definition) is 5. The average molecular weight is 313 g/mol. The molecule has 1 N–H and O–H groups in total. The van der Waals surface area contributed by atoms with Crippen LogP contribution in [0, 0.1) is 12.8 Å². The Morgan fingerprint density at radius 2 is 2.17 bits per heavy atom. The van der Waals surface area contributed by atoms with Gasteiger partial charge in [-0.05, 0) is 37.8 Å². The van der Waals surface area contributed by atoms with E-state index in [4.69, 9.17) is 4.74 Å². The number of benzene rings is 1. The first-order chi connectivity index (χ1) is 11.3. The quantitative estimate of drug-likeness (QED) is 0.922. The first-order valence-corrected chi connectivity index (χ1v) is 8.48. The summed E-state index contributed by atoms with van der Waals surface area (Å²) in [4.78, 5) is 11.4. The van der Waals surface area contributed by atoms with Crippen molar-refractivity contribution in [2.24, 2.45) is 5.92 Å². The third kappa shape index (κ3) is 2.58. The van der Waals surface area contributed by atoms with Gasteiger partial charge < -0.3 is 14.7 Å². The molecule has 0 aliphatic carbocycles. The Hall–Kier alpha value is -1.72. The second-order valence-corrected chi connectivity index (χ2v) is 6.66. The van der Waals surface area contributed by atoms with Crippen LogP contribution in [0.4, 0.5) is 5.82 Å². The van der Waals surface area contributed by atoms with E-state index in [1.54, 1.807) is 6.33 Å². The minimum Gasteiger partial charge on any atom is -0.393 e. The second kappa shape index (κ2) is 6.06. The van der Waals surface area contributed by atoms with Crippen molar-refractivity contribution in [3.05, 3.63) is 30.1 Å². The van der Waals surface area contributed by atoms with Crippen molar-refractivity contribution >= 4 is 16.7 Å². The van der Waals surface area contributed by atoms with Crippen LogP contribution >= 0.6 is 0 Å². The summed E-state index contributed by atoms with van der Waals surface area (Å²) in [5, 5.41) is 11.6. The number of nitrogens with zero attached hydrogens (tertiary/aromatic N) is 3. The molecule has 5 nitrogen and oxygen atoms in total. The van der Waals surface area contributed by atoms with Crippen LogP contribution in [-0.4, -0.2) is 47.0 Å². The summed E-state index contributed by atoms with van der Waals surface area (Å²) in [6.07, 6.45) is 4.33. The Morgan fingerprint density at radius 3 is 3.04 bits per heavy atom. The molecule has 1 aromatic carbocycles. The van der Waals surface area contributed by atoms with Gasteiger partial charge in [-0.15, -0.1) is 0 Å². The van der Waals surface area contributed by atoms with E-state index in [1.165, 1.54) is 5.56 Å². The Labute approximate surface area is 136 Å². The van der Waals surface area contributed by atoms with E-state index in [0.29, 0.717) is 19.3 Å². The van der Waals surface area contributed by atoms with Gasteiger partial charge in [0.05, 0.1) is 18.2 Å². The summed E-state index contributed by atoms with van der Waals surface area (Å²) in [5.41, 5.74) is 2.19. The van der Waals surface area contributed by atoms with E-state index in [9.17, 15) is 5.11 Å². The smallest absolute Gasteiger partial charge is 0.140 e. The molecule has 0 radical (unpaired) electrons. The van der Waals surface area contributed by atoms with Crippen LogP contribution in [-0.2, 0) is 4.74 Å². The van der Waals surface area contributed by atoms with Gasteiger partial charge in [0.15, 0.2) is 0 Å². The van der Waals surface area contributed by atoms with E-state index in [0.717, 1.165) is 42.5 Å². The molecule has 0 saturated carbocycles. The number of rotatable bonds is 2. The molecule has 2 aromatic rings. The highest BCUT2D eigenvalue weighted by atomic mass is 16.5. The maximum atomic E-state index is 10.4. The average Bonchev–Trinajstić information content (AvgIpc) is 3.04. The summed E-state index contributed by atoms with van der Waals surface area (Å²) in [5.74, 6) is 1.17. The number of aryl methyl sites for hydroxylation is 1. The van der Waals surface area contributed by atoms with Gasteiger partial charge >= 0.3 is 0 Å². The van der Waals surface area contributed by atoms with Crippen LogP contribution in [0.5, 0.6) is 0 Å². The van der Waals surface area contributed by atoms with E-state index in [2.05, 4.69) is 27.9 Å². The van der Waals surface area contributed by atoms with E-state index >= 15 is 0 Å². The van der Waals surface area contributed by atoms with Gasteiger partial charge in [-0.25, -0.2) is 9.97 Å². The molecular weight excluding hydrogens is 290 g/mol. The number of aliphatic hydroxyl groups excluding tert-OH is 1. The molecule has 3 atom stereocenters. The highest BCUT2D eigenvalue weighted by Crippen LogP contribution is 2.36. The minimum atomic E-state index is -0.274. The van der Waals surface area contributed by atoms with Crippen LogP contribution in [0.15, 0.2) is 24.5 Å². The number of aromatic nitrogens is 2. The maximum Gasteiger partial charge on any atom is 0.140 e. The van der Waals surface area contributed by atoms with Crippen molar-refractivity contribution in [3.8, 4) is 0 Å². The molecule has 0 amide bonds. The van der Waals surface area contributed by atoms with Crippen molar-refractivity contribution in [1.82, 2.24) is 9.97 Å². The summed E-state index contributed by atoms with van der Waals surface area (Å²) in [6.45, 7) is 4.40. The van der Waals surface area contributed by atoms with Gasteiger partial charge in [0, 0.05) is 30.5 Å². The standard InChI is InChI=1S/C18H23N3O2/c1-12-4-2-5-14-17(12)18(20-11-19-14)21-8-3-6-15(21)13-10-23-9-7-16(13)22/h2,4-5,11,13,15-16,22H,3,6-10H2,1H3. The number of hydrogen-bond donors (Lipinski definition) is 1. The zero-order valence-corrected chi connectivity index (χ0v) is 13.5. The Balaban J connectivity index is 1.74. The van der Waals surface area contributed by atoms with Crippen LogP contribution in [0.3, 0.4) is 0 Å². The third-order valence-electron chi connectivity index (χ3n) is 5.28. The molecule has 3 heterocycles. The fraction of sp³-hybridized carbons (Fsp3) is 0.556. The number of aliphatic hydroxyl groups is 1. The van der Waals surface area contributed by atoms with E-state index in [1.807, 2.05) is 12.1 Å². The highest BCUT2D eigenvalue weighted by Gasteiger charge is 2.38. The van der Waals surface area contributed by atoms with Gasteiger partial charge in [-0.2, -0.15) is 0 Å². The molecule has 23 heavy (non-hydrogen) atoms. The third-order valence-corrected chi connectivity index (χ3v) is 5.28. The van der Waals surface area contributed by atoms with Crippen molar-refractivity contribution in [1.29, 1.82) is 0 Å². The summed E-state index contributed by atoms with van der Waals surface area (Å²) >= 11 is 0. The van der Waals surface area contributed by atoms with Crippen LogP contribution < -0.4 is 4.90 Å². The molecule has 122 valence electrons. The van der Waals surface area contributed by atoms with Crippen LogP contribution in [0.2, 0.25) is 0 Å². The van der Waals surface area contributed by atoms with E-state index in [-0.39, 0.29) is 12.0 Å².